The topological polar surface area (TPSA) is 25.8 Å². The van der Waals surface area contributed by atoms with E-state index >= 15 is 0 Å². The molecule has 138 valence electrons. The number of hydrogen-bond donors (Lipinski definition) is 0. The van der Waals surface area contributed by atoms with E-state index in [-0.39, 0.29) is 0 Å². The van der Waals surface area contributed by atoms with Gasteiger partial charge in [-0.25, -0.2) is 9.97 Å². The zero-order chi connectivity index (χ0) is 17.5. The number of rotatable bonds is 6. The number of hydrogen-bond acceptors (Lipinski definition) is 2. The molecule has 2 fully saturated rings. The van der Waals surface area contributed by atoms with E-state index in [0.29, 0.717) is 17.8 Å². The van der Waals surface area contributed by atoms with Gasteiger partial charge in [0.15, 0.2) is 0 Å². The van der Waals surface area contributed by atoms with Crippen LogP contribution < -0.4 is 0 Å². The Morgan fingerprint density at radius 3 is 2.20 bits per heavy atom. The summed E-state index contributed by atoms with van der Waals surface area (Å²) in [5, 5.41) is 0. The molecule has 2 nitrogen and oxygen atoms in total. The molecule has 1 heterocycles. The second-order valence-corrected chi connectivity index (χ2v) is 8.42. The van der Waals surface area contributed by atoms with Crippen LogP contribution >= 0.6 is 11.6 Å². The Bertz CT molecular complexity index is 523. The largest absolute Gasteiger partial charge is 0.241 e. The molecule has 0 aromatic carbocycles. The van der Waals surface area contributed by atoms with Crippen LogP contribution in [0.15, 0.2) is 24.0 Å². The monoisotopic (exact) mass is 360 g/mol. The number of halogens is 1. The predicted molar refractivity (Wildman–Crippen MR) is 106 cm³/mol. The zero-order valence-electron chi connectivity index (χ0n) is 15.7. The molecule has 0 N–H and O–H groups in total. The molecule has 0 saturated heterocycles. The maximum absolute atomic E-state index is 5.71. The number of unbranched alkanes of at least 4 members (excludes halogenated alkanes) is 1. The van der Waals surface area contributed by atoms with E-state index in [2.05, 4.69) is 25.4 Å². The molecular weight excluding hydrogens is 328 g/mol. The van der Waals surface area contributed by atoms with Crippen molar-refractivity contribution in [3.8, 4) is 0 Å². The van der Waals surface area contributed by atoms with Gasteiger partial charge in [0.05, 0.1) is 0 Å². The minimum absolute atomic E-state index is 0.541. The van der Waals surface area contributed by atoms with Gasteiger partial charge in [-0.15, -0.1) is 0 Å². The third-order valence-electron chi connectivity index (χ3n) is 6.46. The van der Waals surface area contributed by atoms with Gasteiger partial charge in [-0.2, -0.15) is 0 Å². The van der Waals surface area contributed by atoms with E-state index in [0.717, 1.165) is 11.7 Å². The van der Waals surface area contributed by atoms with Crippen LogP contribution in [0.2, 0.25) is 0 Å². The molecule has 0 aliphatic heterocycles. The third kappa shape index (κ3) is 5.29. The van der Waals surface area contributed by atoms with Gasteiger partial charge in [0.25, 0.3) is 0 Å². The van der Waals surface area contributed by atoms with Crippen LogP contribution in [0.1, 0.15) is 101 Å². The molecule has 0 radical (unpaired) electrons. The molecular formula is C22H33ClN2. The van der Waals surface area contributed by atoms with Crippen molar-refractivity contribution in [2.24, 2.45) is 11.8 Å². The Hall–Kier alpha value is -0.890. The minimum atomic E-state index is 0.541. The normalized spacial score (nSPS) is 30.6. The van der Waals surface area contributed by atoms with Gasteiger partial charge in [-0.3, -0.25) is 0 Å². The van der Waals surface area contributed by atoms with Gasteiger partial charge in [0.2, 0.25) is 0 Å². The Morgan fingerprint density at radius 1 is 0.960 bits per heavy atom. The lowest BCUT2D eigenvalue weighted by atomic mass is 9.77. The van der Waals surface area contributed by atoms with Crippen LogP contribution in [-0.2, 0) is 0 Å². The first kappa shape index (κ1) is 18.9. The summed E-state index contributed by atoms with van der Waals surface area (Å²) in [6.07, 6.45) is 20.8. The van der Waals surface area contributed by atoms with Gasteiger partial charge in [0, 0.05) is 23.8 Å². The maximum Gasteiger partial charge on any atom is 0.131 e. The summed E-state index contributed by atoms with van der Waals surface area (Å²) in [6, 6.07) is 0. The molecule has 3 heteroatoms. The van der Waals surface area contributed by atoms with Crippen molar-refractivity contribution < 1.29 is 0 Å². The molecule has 2 aliphatic rings. The molecule has 0 unspecified atom stereocenters. The van der Waals surface area contributed by atoms with E-state index in [9.17, 15) is 0 Å². The average Bonchev–Trinajstić information content (AvgIpc) is 2.68. The van der Waals surface area contributed by atoms with Crippen molar-refractivity contribution in [1.29, 1.82) is 0 Å². The Balaban J connectivity index is 1.50. The van der Waals surface area contributed by atoms with Crippen LogP contribution in [-0.4, -0.2) is 9.97 Å². The molecule has 1 aromatic rings. The highest BCUT2D eigenvalue weighted by molar-refractivity contribution is 6.25. The summed E-state index contributed by atoms with van der Waals surface area (Å²) in [7, 11) is 0. The van der Waals surface area contributed by atoms with Crippen molar-refractivity contribution in [3.05, 3.63) is 35.4 Å². The molecule has 0 amide bonds. The Morgan fingerprint density at radius 2 is 1.60 bits per heavy atom. The van der Waals surface area contributed by atoms with Gasteiger partial charge in [-0.05, 0) is 74.7 Å². The Kier molecular flexibility index (Phi) is 7.34. The van der Waals surface area contributed by atoms with Gasteiger partial charge < -0.3 is 0 Å². The van der Waals surface area contributed by atoms with Crippen LogP contribution in [0.5, 0.6) is 0 Å². The second kappa shape index (κ2) is 9.71. The van der Waals surface area contributed by atoms with Crippen molar-refractivity contribution in [1.82, 2.24) is 9.97 Å². The molecule has 1 aromatic heterocycles. The number of aromatic nitrogens is 2. The fourth-order valence-electron chi connectivity index (χ4n) is 4.72. The smallest absolute Gasteiger partial charge is 0.131 e. The van der Waals surface area contributed by atoms with E-state index in [1.165, 1.54) is 76.2 Å². The summed E-state index contributed by atoms with van der Waals surface area (Å²) in [5.41, 5.74) is 3.05. The van der Waals surface area contributed by atoms with Crippen molar-refractivity contribution in [2.75, 3.05) is 0 Å². The summed E-state index contributed by atoms with van der Waals surface area (Å²) in [5.74, 6) is 3.91. The lowest BCUT2D eigenvalue weighted by Gasteiger charge is -2.29. The SMILES string of the molecule is CCCCC1CCC(c2cnc(C3CCC(C=CCl)CC3)nc2)CC1. The highest BCUT2D eigenvalue weighted by Gasteiger charge is 2.25. The van der Waals surface area contributed by atoms with E-state index in [4.69, 9.17) is 21.6 Å². The fraction of sp³-hybridized carbons (Fsp3) is 0.727. The third-order valence-corrected chi connectivity index (χ3v) is 6.60. The van der Waals surface area contributed by atoms with Crippen molar-refractivity contribution in [2.45, 2.75) is 89.4 Å². The first-order valence-electron chi connectivity index (χ1n) is 10.4. The minimum Gasteiger partial charge on any atom is -0.241 e. The van der Waals surface area contributed by atoms with Crippen LogP contribution in [0, 0.1) is 11.8 Å². The van der Waals surface area contributed by atoms with E-state index in [1.54, 1.807) is 5.54 Å². The summed E-state index contributed by atoms with van der Waals surface area (Å²) < 4.78 is 0. The summed E-state index contributed by atoms with van der Waals surface area (Å²) in [6.45, 7) is 2.30. The fourth-order valence-corrected chi connectivity index (χ4v) is 4.93. The number of allylic oxidation sites excluding steroid dienone is 1. The molecule has 2 aliphatic carbocycles. The predicted octanol–water partition coefficient (Wildman–Crippen LogP) is 6.97. The lowest BCUT2D eigenvalue weighted by Crippen LogP contribution is -2.16. The maximum atomic E-state index is 5.71. The number of nitrogens with zero attached hydrogens (tertiary/aromatic N) is 2. The molecule has 25 heavy (non-hydrogen) atoms. The van der Waals surface area contributed by atoms with E-state index in [1.807, 2.05) is 0 Å². The van der Waals surface area contributed by atoms with Gasteiger partial charge in [0.1, 0.15) is 5.82 Å². The Labute approximate surface area is 158 Å². The van der Waals surface area contributed by atoms with Crippen LogP contribution in [0.3, 0.4) is 0 Å². The van der Waals surface area contributed by atoms with Crippen LogP contribution in [0.4, 0.5) is 0 Å². The first-order chi connectivity index (χ1) is 12.3. The summed E-state index contributed by atoms with van der Waals surface area (Å²) >= 11 is 5.71. The quantitative estimate of drug-likeness (QED) is 0.547. The highest BCUT2D eigenvalue weighted by Crippen LogP contribution is 2.38. The molecule has 0 bridgehead atoms. The summed E-state index contributed by atoms with van der Waals surface area (Å²) in [4.78, 5) is 9.52. The van der Waals surface area contributed by atoms with Crippen molar-refractivity contribution >= 4 is 11.6 Å². The first-order valence-corrected chi connectivity index (χ1v) is 10.8. The van der Waals surface area contributed by atoms with E-state index < -0.39 is 0 Å². The van der Waals surface area contributed by atoms with Crippen LogP contribution in [0.25, 0.3) is 0 Å². The molecule has 2 saturated carbocycles. The molecule has 0 atom stereocenters. The van der Waals surface area contributed by atoms with Crippen molar-refractivity contribution in [3.63, 3.8) is 0 Å². The average molecular weight is 361 g/mol. The van der Waals surface area contributed by atoms with Gasteiger partial charge in [-0.1, -0.05) is 43.9 Å². The second-order valence-electron chi connectivity index (χ2n) is 8.16. The highest BCUT2D eigenvalue weighted by atomic mass is 35.5. The standard InChI is InChI=1S/C22H33ClN2/c1-2-3-4-17-5-9-19(10-6-17)21-15-24-22(25-16-21)20-11-7-18(8-12-20)13-14-23/h13-20H,2-12H2,1H3. The van der Waals surface area contributed by atoms with Gasteiger partial charge >= 0.3 is 0 Å². The molecule has 3 rings (SSSR count). The zero-order valence-corrected chi connectivity index (χ0v) is 16.4. The molecule has 0 spiro atoms. The lowest BCUT2D eigenvalue weighted by molar-refractivity contribution is 0.303.